The lowest BCUT2D eigenvalue weighted by Gasteiger charge is -2.20. The van der Waals surface area contributed by atoms with Gasteiger partial charge in [0, 0.05) is 67.8 Å². The van der Waals surface area contributed by atoms with Crippen LogP contribution >= 0.6 is 0 Å². The van der Waals surface area contributed by atoms with Crippen LogP contribution in [0, 0.1) is 5.92 Å². The molecule has 2 heterocycles. The number of ether oxygens (including phenoxy) is 1. The standard InChI is InChI=1S/C31H36N4O3/c1-23(2)22-33-30(36)25-9-11-28(12-10-25)38-20-6-17-34(3)27-13-16-32-26(21-27)15-19-35-18-14-24-7-4-5-8-29(24)31(35)37/h4-5,7-14,16,18,21,23H,6,15,17,19-20,22H2,1-3H3,(H,33,36). The summed E-state index contributed by atoms with van der Waals surface area (Å²) >= 11 is 0. The molecule has 2 aromatic carbocycles. The lowest BCUT2D eigenvalue weighted by atomic mass is 10.1. The van der Waals surface area contributed by atoms with Crippen LogP contribution in [0.25, 0.3) is 10.8 Å². The molecule has 4 rings (SSSR count). The molecule has 0 aliphatic rings. The fraction of sp³-hybridized carbons (Fsp3) is 0.323. The quantitative estimate of drug-likeness (QED) is 0.273. The van der Waals surface area contributed by atoms with Crippen LogP contribution in [0.4, 0.5) is 5.69 Å². The van der Waals surface area contributed by atoms with Crippen molar-refractivity contribution < 1.29 is 9.53 Å². The monoisotopic (exact) mass is 512 g/mol. The van der Waals surface area contributed by atoms with Crippen molar-refractivity contribution in [3.8, 4) is 5.75 Å². The van der Waals surface area contributed by atoms with Gasteiger partial charge in [-0.3, -0.25) is 14.6 Å². The Morgan fingerprint density at radius 1 is 1.08 bits per heavy atom. The number of pyridine rings is 2. The van der Waals surface area contributed by atoms with E-state index in [-0.39, 0.29) is 11.5 Å². The SMILES string of the molecule is CC(C)CNC(=O)c1ccc(OCCCN(C)c2ccnc(CCn3ccc4ccccc4c3=O)c2)cc1. The Bertz CT molecular complexity index is 1410. The maximum Gasteiger partial charge on any atom is 0.258 e. The molecule has 4 aromatic rings. The summed E-state index contributed by atoms with van der Waals surface area (Å²) < 4.78 is 7.63. The summed E-state index contributed by atoms with van der Waals surface area (Å²) in [5.41, 5.74) is 2.69. The van der Waals surface area contributed by atoms with Crippen molar-refractivity contribution in [1.82, 2.24) is 14.9 Å². The Balaban J connectivity index is 1.24. The Labute approximate surface area is 224 Å². The molecule has 0 fully saturated rings. The number of hydrogen-bond donors (Lipinski definition) is 1. The second-order valence-corrected chi connectivity index (χ2v) is 9.91. The number of fused-ring (bicyclic) bond motifs is 1. The van der Waals surface area contributed by atoms with Crippen LogP contribution in [-0.2, 0) is 13.0 Å². The third-order valence-corrected chi connectivity index (χ3v) is 6.43. The number of hydrogen-bond acceptors (Lipinski definition) is 5. The predicted octanol–water partition coefficient (Wildman–Crippen LogP) is 4.93. The lowest BCUT2D eigenvalue weighted by molar-refractivity contribution is 0.0949. The topological polar surface area (TPSA) is 76.5 Å². The number of benzene rings is 2. The van der Waals surface area contributed by atoms with E-state index in [4.69, 9.17) is 4.74 Å². The molecule has 198 valence electrons. The Morgan fingerprint density at radius 2 is 1.87 bits per heavy atom. The molecule has 0 atom stereocenters. The van der Waals surface area contributed by atoms with Gasteiger partial charge in [0.1, 0.15) is 5.75 Å². The van der Waals surface area contributed by atoms with E-state index >= 15 is 0 Å². The minimum Gasteiger partial charge on any atom is -0.494 e. The molecule has 0 aliphatic carbocycles. The molecular formula is C31H36N4O3. The van der Waals surface area contributed by atoms with Crippen molar-refractivity contribution in [1.29, 1.82) is 0 Å². The van der Waals surface area contributed by atoms with Gasteiger partial charge in [-0.25, -0.2) is 0 Å². The molecule has 1 N–H and O–H groups in total. The molecule has 0 bridgehead atoms. The number of nitrogens with zero attached hydrogens (tertiary/aromatic N) is 3. The first kappa shape index (κ1) is 26.9. The van der Waals surface area contributed by atoms with Crippen molar-refractivity contribution in [2.75, 3.05) is 31.6 Å². The van der Waals surface area contributed by atoms with Crippen LogP contribution in [0.1, 0.15) is 36.3 Å². The first-order chi connectivity index (χ1) is 18.4. The van der Waals surface area contributed by atoms with Gasteiger partial charge in [-0.15, -0.1) is 0 Å². The van der Waals surface area contributed by atoms with Crippen molar-refractivity contribution in [3.63, 3.8) is 0 Å². The normalized spacial score (nSPS) is 11.1. The smallest absolute Gasteiger partial charge is 0.258 e. The minimum atomic E-state index is -0.0621. The average molecular weight is 513 g/mol. The maximum absolute atomic E-state index is 12.8. The first-order valence-electron chi connectivity index (χ1n) is 13.2. The number of aromatic nitrogens is 2. The van der Waals surface area contributed by atoms with E-state index < -0.39 is 0 Å². The van der Waals surface area contributed by atoms with E-state index in [2.05, 4.69) is 42.2 Å². The van der Waals surface area contributed by atoms with Crippen molar-refractivity contribution >= 4 is 22.4 Å². The zero-order valence-electron chi connectivity index (χ0n) is 22.4. The van der Waals surface area contributed by atoms with Crippen molar-refractivity contribution in [2.24, 2.45) is 5.92 Å². The summed E-state index contributed by atoms with van der Waals surface area (Å²) in [7, 11) is 2.05. The third kappa shape index (κ3) is 7.22. The van der Waals surface area contributed by atoms with E-state index in [1.807, 2.05) is 60.9 Å². The Morgan fingerprint density at radius 3 is 2.66 bits per heavy atom. The van der Waals surface area contributed by atoms with Crippen LogP contribution in [-0.4, -0.2) is 42.2 Å². The van der Waals surface area contributed by atoms with Crippen LogP contribution in [0.3, 0.4) is 0 Å². The molecule has 38 heavy (non-hydrogen) atoms. The minimum absolute atomic E-state index is 0.0282. The largest absolute Gasteiger partial charge is 0.494 e. The molecule has 7 nitrogen and oxygen atoms in total. The summed E-state index contributed by atoms with van der Waals surface area (Å²) in [4.78, 5) is 31.6. The van der Waals surface area contributed by atoms with Crippen molar-refractivity contribution in [3.05, 3.63) is 101 Å². The van der Waals surface area contributed by atoms with Gasteiger partial charge in [-0.05, 0) is 66.3 Å². The highest BCUT2D eigenvalue weighted by Gasteiger charge is 2.08. The first-order valence-corrected chi connectivity index (χ1v) is 13.2. The Hall–Kier alpha value is -4.13. The van der Waals surface area contributed by atoms with E-state index in [1.54, 1.807) is 16.7 Å². The summed E-state index contributed by atoms with van der Waals surface area (Å²) in [5.74, 6) is 1.11. The van der Waals surface area contributed by atoms with Crippen LogP contribution < -0.4 is 20.5 Å². The number of amides is 1. The van der Waals surface area contributed by atoms with Gasteiger partial charge in [0.05, 0.1) is 6.61 Å². The molecule has 0 aliphatic heterocycles. The van der Waals surface area contributed by atoms with Gasteiger partial charge in [-0.2, -0.15) is 0 Å². The molecule has 0 saturated carbocycles. The van der Waals surface area contributed by atoms with E-state index in [0.29, 0.717) is 37.6 Å². The van der Waals surface area contributed by atoms with Crippen LogP contribution in [0.5, 0.6) is 5.75 Å². The fourth-order valence-electron chi connectivity index (χ4n) is 4.20. The fourth-order valence-corrected chi connectivity index (χ4v) is 4.20. The lowest BCUT2D eigenvalue weighted by Crippen LogP contribution is -2.27. The van der Waals surface area contributed by atoms with E-state index in [0.717, 1.165) is 40.9 Å². The number of aryl methyl sites for hydroxylation is 2. The maximum atomic E-state index is 12.8. The van der Waals surface area contributed by atoms with E-state index in [9.17, 15) is 9.59 Å². The van der Waals surface area contributed by atoms with Gasteiger partial charge >= 0.3 is 0 Å². The second-order valence-electron chi connectivity index (χ2n) is 9.91. The summed E-state index contributed by atoms with van der Waals surface area (Å²) in [6, 6.07) is 21.0. The zero-order valence-corrected chi connectivity index (χ0v) is 22.4. The summed E-state index contributed by atoms with van der Waals surface area (Å²) in [6.07, 6.45) is 5.20. The van der Waals surface area contributed by atoms with Crippen LogP contribution in [0.15, 0.2) is 83.9 Å². The van der Waals surface area contributed by atoms with Crippen LogP contribution in [0.2, 0.25) is 0 Å². The molecule has 0 saturated heterocycles. The second kappa shape index (κ2) is 12.9. The number of anilines is 1. The molecule has 1 amide bonds. The van der Waals surface area contributed by atoms with Gasteiger partial charge in [-0.1, -0.05) is 32.0 Å². The van der Waals surface area contributed by atoms with Gasteiger partial charge in [0.15, 0.2) is 0 Å². The highest BCUT2D eigenvalue weighted by molar-refractivity contribution is 5.94. The van der Waals surface area contributed by atoms with E-state index in [1.165, 1.54) is 0 Å². The number of carbonyl (C=O) groups excluding carboxylic acids is 1. The summed E-state index contributed by atoms with van der Waals surface area (Å²) in [6.45, 7) is 6.78. The molecule has 0 spiro atoms. The third-order valence-electron chi connectivity index (χ3n) is 6.43. The van der Waals surface area contributed by atoms with Gasteiger partial charge < -0.3 is 19.5 Å². The molecule has 0 unspecified atom stereocenters. The summed E-state index contributed by atoms with van der Waals surface area (Å²) in [5, 5.41) is 4.62. The highest BCUT2D eigenvalue weighted by atomic mass is 16.5. The molecule has 7 heteroatoms. The predicted molar refractivity (Wildman–Crippen MR) is 153 cm³/mol. The zero-order chi connectivity index (χ0) is 26.9. The van der Waals surface area contributed by atoms with Crippen molar-refractivity contribution in [2.45, 2.75) is 33.2 Å². The molecular weight excluding hydrogens is 476 g/mol. The number of nitrogens with one attached hydrogen (secondary N) is 1. The average Bonchev–Trinajstić information content (AvgIpc) is 2.94. The van der Waals surface area contributed by atoms with Gasteiger partial charge in [0.25, 0.3) is 11.5 Å². The molecule has 2 aromatic heterocycles. The molecule has 0 radical (unpaired) electrons. The number of carbonyl (C=O) groups is 1. The van der Waals surface area contributed by atoms with Gasteiger partial charge in [0.2, 0.25) is 0 Å². The Kier molecular flexibility index (Phi) is 9.14. The highest BCUT2D eigenvalue weighted by Crippen LogP contribution is 2.16. The number of rotatable bonds is 12.